The Kier molecular flexibility index (Phi) is 4.05. The number of carbonyl (C=O) groups is 1. The Morgan fingerprint density at radius 3 is 2.61 bits per heavy atom. The van der Waals surface area contributed by atoms with Crippen LogP contribution in [0.25, 0.3) is 0 Å². The molecule has 0 saturated heterocycles. The topological polar surface area (TPSA) is 20.3 Å². The van der Waals surface area contributed by atoms with Crippen LogP contribution < -0.4 is 0 Å². The molecule has 0 N–H and O–H groups in total. The Morgan fingerprint density at radius 1 is 1.17 bits per heavy atom. The van der Waals surface area contributed by atoms with Gasteiger partial charge in [0.25, 0.3) is 5.91 Å². The summed E-state index contributed by atoms with van der Waals surface area (Å²) in [5.74, 6) is 0.170. The largest absolute Gasteiger partial charge is 0.339 e. The molecule has 98 valence electrons. The lowest BCUT2D eigenvalue weighted by Crippen LogP contribution is -2.33. The van der Waals surface area contributed by atoms with Crippen molar-refractivity contribution in [3.63, 3.8) is 0 Å². The summed E-state index contributed by atoms with van der Waals surface area (Å²) in [6, 6.07) is 6.46. The van der Waals surface area contributed by atoms with Crippen LogP contribution >= 0.6 is 0 Å². The maximum atomic E-state index is 12.5. The fourth-order valence-electron chi connectivity index (χ4n) is 2.58. The molecule has 0 saturated carbocycles. The number of aryl methyl sites for hydroxylation is 1. The molecule has 0 atom stereocenters. The molecule has 0 unspecified atom stereocenters. The number of hydrogen-bond donors (Lipinski definition) is 0. The highest BCUT2D eigenvalue weighted by atomic mass is 16.2. The van der Waals surface area contributed by atoms with Gasteiger partial charge in [-0.15, -0.1) is 0 Å². The van der Waals surface area contributed by atoms with E-state index in [4.69, 9.17) is 0 Å². The first-order valence-electron chi connectivity index (χ1n) is 6.99. The van der Waals surface area contributed by atoms with Crippen LogP contribution in [0.3, 0.4) is 0 Å². The van der Waals surface area contributed by atoms with Gasteiger partial charge in [0, 0.05) is 18.7 Å². The van der Waals surface area contributed by atoms with Crippen molar-refractivity contribution in [2.75, 3.05) is 7.05 Å². The Hall–Kier alpha value is -1.31. The number of nitrogens with zero attached hydrogens (tertiary/aromatic N) is 1. The molecule has 0 heterocycles. The van der Waals surface area contributed by atoms with Gasteiger partial charge in [-0.05, 0) is 56.7 Å². The molecular formula is C16H23NO. The van der Waals surface area contributed by atoms with Crippen LogP contribution in [0, 0.1) is 0 Å². The van der Waals surface area contributed by atoms with Crippen molar-refractivity contribution >= 4 is 5.91 Å². The smallest absolute Gasteiger partial charge is 0.254 e. The lowest BCUT2D eigenvalue weighted by atomic mass is 9.96. The molecule has 2 nitrogen and oxygen atoms in total. The Morgan fingerprint density at radius 2 is 1.89 bits per heavy atom. The second kappa shape index (κ2) is 5.55. The molecule has 1 aliphatic rings. The number of benzene rings is 1. The zero-order valence-electron chi connectivity index (χ0n) is 11.7. The van der Waals surface area contributed by atoms with Crippen molar-refractivity contribution < 1.29 is 4.79 Å². The van der Waals surface area contributed by atoms with E-state index in [-0.39, 0.29) is 11.9 Å². The predicted molar refractivity (Wildman–Crippen MR) is 74.9 cm³/mol. The third kappa shape index (κ3) is 2.58. The van der Waals surface area contributed by atoms with E-state index >= 15 is 0 Å². The standard InChI is InChI=1S/C16H23NO/c1-12(2)17(3)16(18)15-11-7-9-13-8-5-4-6-10-14(13)15/h7,9,11-12H,4-6,8,10H2,1-3H3. The molecule has 1 amide bonds. The van der Waals surface area contributed by atoms with Crippen LogP contribution in [-0.2, 0) is 12.8 Å². The van der Waals surface area contributed by atoms with Crippen LogP contribution in [0.4, 0.5) is 0 Å². The summed E-state index contributed by atoms with van der Waals surface area (Å²) in [4.78, 5) is 14.3. The average Bonchev–Trinajstić information content (AvgIpc) is 2.61. The molecule has 0 bridgehead atoms. The summed E-state index contributed by atoms with van der Waals surface area (Å²) in [5, 5.41) is 0. The number of amides is 1. The van der Waals surface area contributed by atoms with Gasteiger partial charge >= 0.3 is 0 Å². The Bertz CT molecular complexity index is 437. The van der Waals surface area contributed by atoms with Gasteiger partial charge in [0.05, 0.1) is 0 Å². The monoisotopic (exact) mass is 245 g/mol. The molecule has 1 aromatic carbocycles. The van der Waals surface area contributed by atoms with E-state index in [1.807, 2.05) is 24.1 Å². The van der Waals surface area contributed by atoms with E-state index < -0.39 is 0 Å². The number of hydrogen-bond acceptors (Lipinski definition) is 1. The van der Waals surface area contributed by atoms with Gasteiger partial charge in [0.2, 0.25) is 0 Å². The summed E-state index contributed by atoms with van der Waals surface area (Å²) >= 11 is 0. The van der Waals surface area contributed by atoms with Crippen LogP contribution in [0.1, 0.15) is 54.6 Å². The second-order valence-electron chi connectivity index (χ2n) is 5.51. The molecular weight excluding hydrogens is 222 g/mol. The molecule has 0 spiro atoms. The molecule has 2 rings (SSSR count). The summed E-state index contributed by atoms with van der Waals surface area (Å²) in [5.41, 5.74) is 3.61. The number of fused-ring (bicyclic) bond motifs is 1. The quantitative estimate of drug-likeness (QED) is 0.731. The molecule has 0 aliphatic heterocycles. The molecule has 0 fully saturated rings. The first-order chi connectivity index (χ1) is 8.61. The van der Waals surface area contributed by atoms with E-state index in [1.54, 1.807) is 0 Å². The maximum Gasteiger partial charge on any atom is 0.254 e. The predicted octanol–water partition coefficient (Wildman–Crippen LogP) is 3.44. The normalized spacial score (nSPS) is 15.1. The first-order valence-corrected chi connectivity index (χ1v) is 6.99. The molecule has 18 heavy (non-hydrogen) atoms. The van der Waals surface area contributed by atoms with Gasteiger partial charge in [-0.2, -0.15) is 0 Å². The van der Waals surface area contributed by atoms with Gasteiger partial charge in [-0.3, -0.25) is 4.79 Å². The van der Waals surface area contributed by atoms with Crippen molar-refractivity contribution in [1.29, 1.82) is 0 Å². The van der Waals surface area contributed by atoms with E-state index in [0.29, 0.717) is 0 Å². The van der Waals surface area contributed by atoms with Crippen molar-refractivity contribution in [2.45, 2.75) is 52.0 Å². The highest BCUT2D eigenvalue weighted by Crippen LogP contribution is 2.24. The van der Waals surface area contributed by atoms with E-state index in [0.717, 1.165) is 18.4 Å². The zero-order chi connectivity index (χ0) is 13.1. The average molecular weight is 245 g/mol. The number of rotatable bonds is 2. The number of carbonyl (C=O) groups excluding carboxylic acids is 1. The third-order valence-corrected chi connectivity index (χ3v) is 3.97. The summed E-state index contributed by atoms with van der Waals surface area (Å²) in [6.07, 6.45) is 5.93. The molecule has 0 radical (unpaired) electrons. The van der Waals surface area contributed by atoms with Gasteiger partial charge in [0.15, 0.2) is 0 Å². The first kappa shape index (κ1) is 13.1. The second-order valence-corrected chi connectivity index (χ2v) is 5.51. The minimum Gasteiger partial charge on any atom is -0.339 e. The van der Waals surface area contributed by atoms with E-state index in [9.17, 15) is 4.79 Å². The highest BCUT2D eigenvalue weighted by Gasteiger charge is 2.20. The van der Waals surface area contributed by atoms with Gasteiger partial charge in [-0.1, -0.05) is 18.6 Å². The molecule has 0 aromatic heterocycles. The zero-order valence-corrected chi connectivity index (χ0v) is 11.7. The maximum absolute atomic E-state index is 12.5. The minimum atomic E-state index is 0.170. The molecule has 2 heteroatoms. The summed E-state index contributed by atoms with van der Waals surface area (Å²) in [7, 11) is 1.89. The molecule has 1 aliphatic carbocycles. The van der Waals surface area contributed by atoms with Crippen molar-refractivity contribution in [3.8, 4) is 0 Å². The van der Waals surface area contributed by atoms with Crippen LogP contribution in [0.2, 0.25) is 0 Å². The Labute approximate surface area is 110 Å². The van der Waals surface area contributed by atoms with Crippen LogP contribution in [0.5, 0.6) is 0 Å². The SMILES string of the molecule is CC(C)N(C)C(=O)c1cccc2c1CCCCC2. The van der Waals surface area contributed by atoms with E-state index in [1.165, 1.54) is 30.4 Å². The summed E-state index contributed by atoms with van der Waals surface area (Å²) in [6.45, 7) is 4.11. The van der Waals surface area contributed by atoms with Crippen molar-refractivity contribution in [3.05, 3.63) is 34.9 Å². The van der Waals surface area contributed by atoms with Crippen molar-refractivity contribution in [2.24, 2.45) is 0 Å². The third-order valence-electron chi connectivity index (χ3n) is 3.97. The van der Waals surface area contributed by atoms with E-state index in [2.05, 4.69) is 19.9 Å². The van der Waals surface area contributed by atoms with Gasteiger partial charge < -0.3 is 4.90 Å². The minimum absolute atomic E-state index is 0.170. The highest BCUT2D eigenvalue weighted by molar-refractivity contribution is 5.96. The van der Waals surface area contributed by atoms with Crippen LogP contribution in [-0.4, -0.2) is 23.9 Å². The molecule has 1 aromatic rings. The fourth-order valence-corrected chi connectivity index (χ4v) is 2.58. The van der Waals surface area contributed by atoms with Crippen molar-refractivity contribution in [1.82, 2.24) is 4.90 Å². The van der Waals surface area contributed by atoms with Gasteiger partial charge in [-0.25, -0.2) is 0 Å². The summed E-state index contributed by atoms with van der Waals surface area (Å²) < 4.78 is 0. The Balaban J connectivity index is 2.36. The lowest BCUT2D eigenvalue weighted by Gasteiger charge is -2.23. The fraction of sp³-hybridized carbons (Fsp3) is 0.562. The van der Waals surface area contributed by atoms with Gasteiger partial charge in [0.1, 0.15) is 0 Å². The lowest BCUT2D eigenvalue weighted by molar-refractivity contribution is 0.0753. The van der Waals surface area contributed by atoms with Crippen LogP contribution in [0.15, 0.2) is 18.2 Å².